The van der Waals surface area contributed by atoms with Crippen LogP contribution < -0.4 is 10.6 Å². The number of hydrogen-bond acceptors (Lipinski definition) is 3. The Balaban J connectivity index is 1.83. The summed E-state index contributed by atoms with van der Waals surface area (Å²) in [7, 11) is 4.17. The van der Waals surface area contributed by atoms with Crippen LogP contribution in [0, 0.1) is 0 Å². The Hall–Kier alpha value is -2.34. The molecule has 0 saturated carbocycles. The van der Waals surface area contributed by atoms with Crippen molar-refractivity contribution in [1.82, 2.24) is 25.3 Å². The molecule has 0 saturated heterocycles. The number of nitrogens with zero attached hydrogens (tertiary/aromatic N) is 4. The number of nitrogens with one attached hydrogen (secondary N) is 2. The number of hydrogen-bond donors (Lipinski definition) is 2. The molecule has 2 aromatic rings. The summed E-state index contributed by atoms with van der Waals surface area (Å²) in [6, 6.07) is 10.6. The van der Waals surface area contributed by atoms with Crippen molar-refractivity contribution in [1.29, 1.82) is 0 Å². The largest absolute Gasteiger partial charge is 0.357 e. The lowest BCUT2D eigenvalue weighted by atomic mass is 10.1. The van der Waals surface area contributed by atoms with Gasteiger partial charge in [-0.05, 0) is 44.6 Å². The number of guanidine groups is 1. The molecule has 1 aromatic heterocycles. The first kappa shape index (κ1) is 19.0. The molecule has 0 aliphatic carbocycles. The Morgan fingerprint density at radius 3 is 2.76 bits per heavy atom. The summed E-state index contributed by atoms with van der Waals surface area (Å²) >= 11 is 0. The van der Waals surface area contributed by atoms with Crippen LogP contribution in [-0.2, 0) is 19.6 Å². The van der Waals surface area contributed by atoms with Crippen molar-refractivity contribution in [3.05, 3.63) is 53.9 Å². The predicted molar refractivity (Wildman–Crippen MR) is 103 cm³/mol. The fourth-order valence-corrected chi connectivity index (χ4v) is 2.58. The molecule has 2 rings (SSSR count). The fourth-order valence-electron chi connectivity index (χ4n) is 2.58. The quantitative estimate of drug-likeness (QED) is 0.416. The average molecular weight is 342 g/mol. The Morgan fingerprint density at radius 1 is 1.20 bits per heavy atom. The van der Waals surface area contributed by atoms with Gasteiger partial charge in [0.25, 0.3) is 0 Å². The molecule has 0 aliphatic heterocycles. The number of benzene rings is 1. The van der Waals surface area contributed by atoms with Gasteiger partial charge < -0.3 is 15.5 Å². The standard InChI is InChI=1S/C19H30N6/c1-4-20-19(21-10-6-12-25-13-7-11-23-25)22-15-17-8-5-9-18(14-17)16-24(2)3/h5,7-9,11,13-14H,4,6,10,12,15-16H2,1-3H3,(H2,20,21,22). The van der Waals surface area contributed by atoms with Crippen molar-refractivity contribution in [2.75, 3.05) is 27.2 Å². The molecule has 1 heterocycles. The molecule has 25 heavy (non-hydrogen) atoms. The van der Waals surface area contributed by atoms with Crippen LogP contribution in [0.5, 0.6) is 0 Å². The van der Waals surface area contributed by atoms with Crippen LogP contribution in [0.4, 0.5) is 0 Å². The monoisotopic (exact) mass is 342 g/mol. The average Bonchev–Trinajstić information content (AvgIpc) is 3.09. The molecule has 136 valence electrons. The van der Waals surface area contributed by atoms with Gasteiger partial charge in [0.05, 0.1) is 6.54 Å². The van der Waals surface area contributed by atoms with Crippen LogP contribution in [0.2, 0.25) is 0 Å². The van der Waals surface area contributed by atoms with Gasteiger partial charge in [-0.25, -0.2) is 4.99 Å². The fraction of sp³-hybridized carbons (Fsp3) is 0.474. The number of rotatable bonds is 9. The van der Waals surface area contributed by atoms with E-state index in [1.54, 1.807) is 0 Å². The first-order valence-corrected chi connectivity index (χ1v) is 8.89. The summed E-state index contributed by atoms with van der Waals surface area (Å²) in [5.41, 5.74) is 2.54. The Labute approximate surface area is 151 Å². The summed E-state index contributed by atoms with van der Waals surface area (Å²) < 4.78 is 1.95. The molecule has 0 atom stereocenters. The van der Waals surface area contributed by atoms with Gasteiger partial charge in [-0.2, -0.15) is 5.10 Å². The molecule has 0 radical (unpaired) electrons. The maximum Gasteiger partial charge on any atom is 0.191 e. The van der Waals surface area contributed by atoms with Gasteiger partial charge in [-0.1, -0.05) is 24.3 Å². The van der Waals surface area contributed by atoms with E-state index in [-0.39, 0.29) is 0 Å². The van der Waals surface area contributed by atoms with Crippen LogP contribution in [0.3, 0.4) is 0 Å². The Kier molecular flexibility index (Phi) is 7.98. The molecule has 1 aromatic carbocycles. The Bertz CT molecular complexity index is 633. The predicted octanol–water partition coefficient (Wildman–Crippen LogP) is 2.09. The van der Waals surface area contributed by atoms with Crippen molar-refractivity contribution >= 4 is 5.96 Å². The maximum atomic E-state index is 4.70. The lowest BCUT2D eigenvalue weighted by Crippen LogP contribution is -2.38. The summed E-state index contributed by atoms with van der Waals surface area (Å²) in [5.74, 6) is 0.862. The molecule has 2 N–H and O–H groups in total. The smallest absolute Gasteiger partial charge is 0.191 e. The molecule has 0 amide bonds. The second kappa shape index (κ2) is 10.5. The van der Waals surface area contributed by atoms with Crippen molar-refractivity contribution in [2.24, 2.45) is 4.99 Å². The first-order valence-electron chi connectivity index (χ1n) is 8.89. The Morgan fingerprint density at radius 2 is 2.04 bits per heavy atom. The van der Waals surface area contributed by atoms with Gasteiger partial charge in [0.1, 0.15) is 0 Å². The van der Waals surface area contributed by atoms with Crippen molar-refractivity contribution in [3.63, 3.8) is 0 Å². The van der Waals surface area contributed by atoms with Gasteiger partial charge in [-0.15, -0.1) is 0 Å². The summed E-state index contributed by atoms with van der Waals surface area (Å²) in [6.45, 7) is 6.34. The minimum Gasteiger partial charge on any atom is -0.357 e. The molecule has 0 unspecified atom stereocenters. The molecule has 0 fully saturated rings. The van der Waals surface area contributed by atoms with Gasteiger partial charge in [0.15, 0.2) is 5.96 Å². The molecule has 0 bridgehead atoms. The van der Waals surface area contributed by atoms with Gasteiger partial charge in [0, 0.05) is 38.6 Å². The van der Waals surface area contributed by atoms with Crippen molar-refractivity contribution in [3.8, 4) is 0 Å². The highest BCUT2D eigenvalue weighted by molar-refractivity contribution is 5.79. The van der Waals surface area contributed by atoms with E-state index in [0.717, 1.165) is 38.6 Å². The first-order chi connectivity index (χ1) is 12.2. The third-order valence-corrected chi connectivity index (χ3v) is 3.67. The second-order valence-corrected chi connectivity index (χ2v) is 6.30. The van der Waals surface area contributed by atoms with Crippen LogP contribution >= 0.6 is 0 Å². The zero-order valence-corrected chi connectivity index (χ0v) is 15.6. The molecule has 0 spiro atoms. The van der Waals surface area contributed by atoms with E-state index in [4.69, 9.17) is 4.99 Å². The van der Waals surface area contributed by atoms with E-state index in [1.807, 2.05) is 23.1 Å². The SMILES string of the molecule is CCNC(=NCc1cccc(CN(C)C)c1)NCCCn1cccn1. The van der Waals surface area contributed by atoms with E-state index < -0.39 is 0 Å². The number of aryl methyl sites for hydroxylation is 1. The molecule has 6 heteroatoms. The van der Waals surface area contributed by atoms with E-state index in [9.17, 15) is 0 Å². The highest BCUT2D eigenvalue weighted by Gasteiger charge is 2.00. The van der Waals surface area contributed by atoms with E-state index in [1.165, 1.54) is 11.1 Å². The summed E-state index contributed by atoms with van der Waals surface area (Å²) in [6.07, 6.45) is 4.80. The van der Waals surface area contributed by atoms with Crippen LogP contribution in [0.25, 0.3) is 0 Å². The number of aromatic nitrogens is 2. The molecular weight excluding hydrogens is 312 g/mol. The summed E-state index contributed by atoms with van der Waals surface area (Å²) in [4.78, 5) is 6.87. The van der Waals surface area contributed by atoms with E-state index >= 15 is 0 Å². The normalized spacial score (nSPS) is 11.8. The minimum absolute atomic E-state index is 0.676. The van der Waals surface area contributed by atoms with E-state index in [0.29, 0.717) is 6.54 Å². The molecule has 0 aliphatic rings. The third-order valence-electron chi connectivity index (χ3n) is 3.67. The zero-order chi connectivity index (χ0) is 17.9. The van der Waals surface area contributed by atoms with Gasteiger partial charge in [0.2, 0.25) is 0 Å². The highest BCUT2D eigenvalue weighted by Crippen LogP contribution is 2.08. The van der Waals surface area contributed by atoms with Crippen LogP contribution in [-0.4, -0.2) is 47.8 Å². The second-order valence-electron chi connectivity index (χ2n) is 6.30. The summed E-state index contributed by atoms with van der Waals surface area (Å²) in [5, 5.41) is 10.9. The van der Waals surface area contributed by atoms with Crippen molar-refractivity contribution in [2.45, 2.75) is 33.0 Å². The zero-order valence-electron chi connectivity index (χ0n) is 15.6. The molecular formula is C19H30N6. The van der Waals surface area contributed by atoms with Crippen molar-refractivity contribution < 1.29 is 0 Å². The lowest BCUT2D eigenvalue weighted by Gasteiger charge is -2.12. The lowest BCUT2D eigenvalue weighted by molar-refractivity contribution is 0.402. The molecule has 6 nitrogen and oxygen atoms in total. The van der Waals surface area contributed by atoms with Crippen LogP contribution in [0.1, 0.15) is 24.5 Å². The van der Waals surface area contributed by atoms with Crippen LogP contribution in [0.15, 0.2) is 47.7 Å². The topological polar surface area (TPSA) is 57.5 Å². The highest BCUT2D eigenvalue weighted by atomic mass is 15.3. The third kappa shape index (κ3) is 7.39. The minimum atomic E-state index is 0.676. The van der Waals surface area contributed by atoms with Gasteiger partial charge in [-0.3, -0.25) is 4.68 Å². The van der Waals surface area contributed by atoms with E-state index in [2.05, 4.69) is 65.9 Å². The van der Waals surface area contributed by atoms with Gasteiger partial charge >= 0.3 is 0 Å². The maximum absolute atomic E-state index is 4.70. The number of aliphatic imine (C=N–C) groups is 1.